The third-order valence-electron chi connectivity index (χ3n) is 3.45. The summed E-state index contributed by atoms with van der Waals surface area (Å²) in [5.74, 6) is -2.58. The van der Waals surface area contributed by atoms with Crippen molar-refractivity contribution in [3.05, 3.63) is 31.7 Å². The summed E-state index contributed by atoms with van der Waals surface area (Å²) in [4.78, 5) is 27.8. The van der Waals surface area contributed by atoms with Crippen molar-refractivity contribution in [2.45, 2.75) is 43.2 Å². The number of thiazole rings is 2. The number of aliphatic carboxylic acids is 1. The Morgan fingerprint density at radius 1 is 0.838 bits per heavy atom. The predicted molar refractivity (Wildman–Crippen MR) is 127 cm³/mol. The first-order chi connectivity index (χ1) is 17.5. The van der Waals surface area contributed by atoms with Crippen molar-refractivity contribution in [1.29, 1.82) is 0 Å². The average molecular weight is 633 g/mol. The van der Waals surface area contributed by atoms with Gasteiger partial charge >= 0.3 is 18.1 Å². The topological polar surface area (TPSA) is 192 Å². The van der Waals surface area contributed by atoms with Crippen LogP contribution in [0.5, 0.6) is 0 Å². The molecule has 198 valence electrons. The molecule has 4 N–H and O–H groups in total. The minimum Gasteiger partial charge on any atom is -0.481 e. The van der Waals surface area contributed by atoms with Crippen LogP contribution in [0, 0.1) is 0 Å². The summed E-state index contributed by atoms with van der Waals surface area (Å²) in [6.07, 6.45) is -4.91. The van der Waals surface area contributed by atoms with Gasteiger partial charge < -0.3 is 20.4 Å². The Morgan fingerprint density at radius 3 is 1.84 bits per heavy atom. The third kappa shape index (κ3) is 8.63. The van der Waals surface area contributed by atoms with Gasteiger partial charge in [0.25, 0.3) is 0 Å². The lowest BCUT2D eigenvalue weighted by molar-refractivity contribution is -0.141. The van der Waals surface area contributed by atoms with Gasteiger partial charge in [-0.15, -0.1) is 31.7 Å². The summed E-state index contributed by atoms with van der Waals surface area (Å²) in [7, 11) is 0. The largest absolute Gasteiger partial charge is 0.481 e. The summed E-state index contributed by atoms with van der Waals surface area (Å²) in [5.41, 5.74) is -0.888. The fraction of sp³-hybridized carbons (Fsp3) is 0.250. The van der Waals surface area contributed by atoms with E-state index >= 15 is 0 Å². The summed E-state index contributed by atoms with van der Waals surface area (Å²) in [6, 6.07) is 0. The number of carboxylic acids is 2. The molecule has 0 atom stereocenters. The molecule has 21 heteroatoms. The van der Waals surface area contributed by atoms with Crippen LogP contribution < -0.4 is 0 Å². The smallest absolute Gasteiger partial charge is 0.435 e. The number of aliphatic hydroxyl groups excluding tert-OH is 2. The maximum absolute atomic E-state index is 12.6. The Labute approximate surface area is 228 Å². The van der Waals surface area contributed by atoms with Crippen LogP contribution in [-0.4, -0.2) is 62.7 Å². The number of carbonyl (C=O) groups is 2. The van der Waals surface area contributed by atoms with Crippen LogP contribution in [0.15, 0.2) is 22.7 Å². The van der Waals surface area contributed by atoms with E-state index in [1.54, 1.807) is 5.38 Å². The number of alkyl halides is 3. The summed E-state index contributed by atoms with van der Waals surface area (Å²) in [5, 5.41) is 52.4. The molecule has 0 saturated carbocycles. The fourth-order valence-electron chi connectivity index (χ4n) is 2.09. The molecule has 37 heavy (non-hydrogen) atoms. The lowest BCUT2D eigenvalue weighted by atomic mass is 10.3. The zero-order valence-electron chi connectivity index (χ0n) is 17.6. The summed E-state index contributed by atoms with van der Waals surface area (Å²) < 4.78 is 39.5. The zero-order chi connectivity index (χ0) is 27.2. The minimum absolute atomic E-state index is 0.0743. The van der Waals surface area contributed by atoms with Crippen molar-refractivity contribution < 1.29 is 43.2 Å². The van der Waals surface area contributed by atoms with E-state index in [0.29, 0.717) is 31.4 Å². The van der Waals surface area contributed by atoms with E-state index in [4.69, 9.17) is 20.4 Å². The molecule has 0 aliphatic carbocycles. The second-order valence-electron chi connectivity index (χ2n) is 6.08. The molecule has 0 radical (unpaired) electrons. The molecule has 0 aliphatic rings. The van der Waals surface area contributed by atoms with Gasteiger partial charge in [0.1, 0.15) is 14.9 Å². The first-order valence-corrected chi connectivity index (χ1v) is 14.1. The van der Waals surface area contributed by atoms with Crippen molar-refractivity contribution >= 4 is 80.8 Å². The van der Waals surface area contributed by atoms with Crippen molar-refractivity contribution in [1.82, 2.24) is 30.4 Å². The maximum Gasteiger partial charge on any atom is 0.435 e. The number of aliphatic hydroxyl groups is 2. The highest BCUT2D eigenvalue weighted by atomic mass is 32.2. The van der Waals surface area contributed by atoms with Gasteiger partial charge in [-0.25, -0.2) is 14.8 Å². The molecule has 4 aromatic rings. The van der Waals surface area contributed by atoms with Gasteiger partial charge in [-0.05, 0) is 23.5 Å². The maximum atomic E-state index is 12.6. The fourth-order valence-corrected chi connectivity index (χ4v) is 7.84. The normalized spacial score (nSPS) is 11.3. The first kappa shape index (κ1) is 29.3. The van der Waals surface area contributed by atoms with Gasteiger partial charge in [0.2, 0.25) is 0 Å². The number of carboxylic acid groups (broad SMARTS) is 2. The van der Waals surface area contributed by atoms with Crippen molar-refractivity contribution in [2.75, 3.05) is 0 Å². The molecule has 4 aromatic heterocycles. The highest BCUT2D eigenvalue weighted by Crippen LogP contribution is 2.40. The van der Waals surface area contributed by atoms with Crippen LogP contribution in [0.25, 0.3) is 0 Å². The van der Waals surface area contributed by atoms with Gasteiger partial charge in [-0.1, -0.05) is 34.0 Å². The monoisotopic (exact) mass is 632 g/mol. The van der Waals surface area contributed by atoms with E-state index < -0.39 is 28.7 Å². The second-order valence-corrected chi connectivity index (χ2v) is 13.0. The number of aromatic nitrogens is 6. The molecule has 0 spiro atoms. The predicted octanol–water partition coefficient (Wildman–Crippen LogP) is 3.62. The van der Waals surface area contributed by atoms with Crippen molar-refractivity contribution in [2.24, 2.45) is 0 Å². The Hall–Kier alpha value is -2.27. The number of halogens is 3. The molecule has 0 aliphatic heterocycles. The van der Waals surface area contributed by atoms with E-state index in [9.17, 15) is 22.8 Å². The Kier molecular flexibility index (Phi) is 10.3. The third-order valence-corrected chi connectivity index (χ3v) is 9.46. The zero-order valence-corrected chi connectivity index (χ0v) is 22.5. The molecule has 0 fully saturated rings. The van der Waals surface area contributed by atoms with E-state index in [0.717, 1.165) is 27.4 Å². The number of nitrogens with zero attached hydrogens (tertiary/aromatic N) is 6. The SMILES string of the molecule is O=C(O)Cc1csc(Sc2nnc(CO)s2)n1.O=C(O)c1sc(Sc2nnc(CO)s2)nc1C(F)(F)F. The summed E-state index contributed by atoms with van der Waals surface area (Å²) >= 11 is 6.15. The van der Waals surface area contributed by atoms with Gasteiger partial charge in [0.05, 0.1) is 25.3 Å². The molecule has 4 rings (SSSR count). The Balaban J connectivity index is 0.000000208. The van der Waals surface area contributed by atoms with E-state index in [1.807, 2.05) is 0 Å². The average Bonchev–Trinajstić information content (AvgIpc) is 3.61. The lowest BCUT2D eigenvalue weighted by Gasteiger charge is -2.02. The number of rotatable bonds is 9. The van der Waals surface area contributed by atoms with Crippen LogP contribution in [0.1, 0.15) is 31.1 Å². The molecule has 0 saturated heterocycles. The van der Waals surface area contributed by atoms with Crippen molar-refractivity contribution in [3.8, 4) is 0 Å². The second kappa shape index (κ2) is 13.0. The standard InChI is InChI=1S/C8H4F3N3O3S3.C8H7N3O3S3/c9-8(10,11)4-3(5(16)17)19-6(12-4)20-7-14-13-2(1-15)18-7;12-2-5-10-11-8(16-5)17-7-9-4(3-15-7)1-6(13)14/h15H,1H2,(H,16,17);3,12H,1-2H2,(H,13,14). The molecule has 12 nitrogen and oxygen atoms in total. The van der Waals surface area contributed by atoms with Gasteiger partial charge in [0, 0.05) is 5.38 Å². The minimum atomic E-state index is -4.83. The number of hydrogen-bond acceptors (Lipinski definition) is 16. The van der Waals surface area contributed by atoms with E-state index in [-0.39, 0.29) is 28.3 Å². The van der Waals surface area contributed by atoms with Crippen LogP contribution in [0.2, 0.25) is 0 Å². The van der Waals surface area contributed by atoms with Crippen LogP contribution >= 0.6 is 68.9 Å². The van der Waals surface area contributed by atoms with Crippen LogP contribution in [-0.2, 0) is 30.6 Å². The van der Waals surface area contributed by atoms with E-state index in [2.05, 4.69) is 30.4 Å². The first-order valence-electron chi connectivity index (χ1n) is 9.18. The molecule has 0 bridgehead atoms. The summed E-state index contributed by atoms with van der Waals surface area (Å²) in [6.45, 7) is -0.454. The molecular weight excluding hydrogens is 622 g/mol. The van der Waals surface area contributed by atoms with Crippen molar-refractivity contribution in [3.63, 3.8) is 0 Å². The molecule has 0 unspecified atom stereocenters. The van der Waals surface area contributed by atoms with Gasteiger partial charge in [0.15, 0.2) is 23.1 Å². The van der Waals surface area contributed by atoms with Crippen LogP contribution in [0.4, 0.5) is 13.2 Å². The lowest BCUT2D eigenvalue weighted by Crippen LogP contribution is -2.11. The molecule has 4 heterocycles. The quantitative estimate of drug-likeness (QED) is 0.209. The number of hydrogen-bond donors (Lipinski definition) is 4. The Morgan fingerprint density at radius 2 is 1.41 bits per heavy atom. The van der Waals surface area contributed by atoms with Gasteiger partial charge in [-0.2, -0.15) is 13.2 Å². The highest BCUT2D eigenvalue weighted by Gasteiger charge is 2.40. The number of aromatic carboxylic acids is 1. The van der Waals surface area contributed by atoms with E-state index in [1.165, 1.54) is 34.4 Å². The van der Waals surface area contributed by atoms with Gasteiger partial charge in [-0.3, -0.25) is 4.79 Å². The highest BCUT2D eigenvalue weighted by molar-refractivity contribution is 8.02. The molecule has 0 aromatic carbocycles. The molecular formula is C16H11F3N6O6S6. The molecule has 0 amide bonds. The van der Waals surface area contributed by atoms with Crippen LogP contribution in [0.3, 0.4) is 0 Å². The Bertz CT molecular complexity index is 1370.